The van der Waals surface area contributed by atoms with Crippen molar-refractivity contribution in [3.63, 3.8) is 0 Å². The highest BCUT2D eigenvalue weighted by Gasteiger charge is 2.32. The lowest BCUT2D eigenvalue weighted by Gasteiger charge is -2.44. The van der Waals surface area contributed by atoms with Gasteiger partial charge in [0, 0.05) is 31.7 Å². The summed E-state index contributed by atoms with van der Waals surface area (Å²) in [5.41, 5.74) is 1.47. The van der Waals surface area contributed by atoms with Crippen molar-refractivity contribution in [2.45, 2.75) is 70.5 Å². The molecule has 2 aliphatic rings. The van der Waals surface area contributed by atoms with Gasteiger partial charge in [0.05, 0.1) is 0 Å². The Morgan fingerprint density at radius 1 is 1.09 bits per heavy atom. The third kappa shape index (κ3) is 4.11. The molecule has 2 fully saturated rings. The summed E-state index contributed by atoms with van der Waals surface area (Å²) in [5.74, 6) is 0.912. The third-order valence-electron chi connectivity index (χ3n) is 5.63. The Labute approximate surface area is 136 Å². The predicted octanol–water partition coefficient (Wildman–Crippen LogP) is 4.21. The number of rotatable bonds is 5. The Bertz CT molecular complexity index is 425. The molecular formula is C20H32N2. The van der Waals surface area contributed by atoms with E-state index in [4.69, 9.17) is 0 Å². The van der Waals surface area contributed by atoms with Gasteiger partial charge in [-0.3, -0.25) is 4.90 Å². The second kappa shape index (κ2) is 8.12. The average Bonchev–Trinajstić information content (AvgIpc) is 2.58. The van der Waals surface area contributed by atoms with E-state index in [-0.39, 0.29) is 0 Å². The molecule has 0 radical (unpaired) electrons. The van der Waals surface area contributed by atoms with Crippen LogP contribution in [0.3, 0.4) is 0 Å². The minimum absolute atomic E-state index is 0.713. The van der Waals surface area contributed by atoms with Crippen LogP contribution < -0.4 is 5.32 Å². The fourth-order valence-corrected chi connectivity index (χ4v) is 4.36. The molecule has 122 valence electrons. The van der Waals surface area contributed by atoms with Crippen LogP contribution >= 0.6 is 0 Å². The molecule has 1 saturated carbocycles. The van der Waals surface area contributed by atoms with Gasteiger partial charge in [0.15, 0.2) is 0 Å². The zero-order valence-corrected chi connectivity index (χ0v) is 14.1. The minimum Gasteiger partial charge on any atom is -0.311 e. The number of nitrogens with zero attached hydrogens (tertiary/aromatic N) is 1. The Hall–Kier alpha value is -0.860. The molecule has 2 nitrogen and oxygen atoms in total. The van der Waals surface area contributed by atoms with Gasteiger partial charge in [0.1, 0.15) is 0 Å². The summed E-state index contributed by atoms with van der Waals surface area (Å²) in [7, 11) is 0. The van der Waals surface area contributed by atoms with Gasteiger partial charge in [-0.2, -0.15) is 0 Å². The Morgan fingerprint density at radius 2 is 1.86 bits per heavy atom. The number of nitrogens with one attached hydrogen (secondary N) is 1. The van der Waals surface area contributed by atoms with Gasteiger partial charge < -0.3 is 5.32 Å². The highest BCUT2D eigenvalue weighted by Crippen LogP contribution is 2.29. The fraction of sp³-hybridized carbons (Fsp3) is 0.700. The molecule has 1 aromatic carbocycles. The van der Waals surface area contributed by atoms with Gasteiger partial charge >= 0.3 is 0 Å². The van der Waals surface area contributed by atoms with Crippen LogP contribution in [-0.4, -0.2) is 30.1 Å². The molecule has 1 aromatic rings. The molecule has 0 aromatic heterocycles. The van der Waals surface area contributed by atoms with E-state index >= 15 is 0 Å². The van der Waals surface area contributed by atoms with E-state index in [9.17, 15) is 0 Å². The first-order valence-electron chi connectivity index (χ1n) is 9.38. The molecule has 2 atom stereocenters. The topological polar surface area (TPSA) is 15.3 Å². The predicted molar refractivity (Wildman–Crippen MR) is 93.9 cm³/mol. The van der Waals surface area contributed by atoms with Crippen molar-refractivity contribution in [1.82, 2.24) is 10.2 Å². The lowest BCUT2D eigenvalue weighted by molar-refractivity contribution is 0.0844. The van der Waals surface area contributed by atoms with Crippen LogP contribution in [0.4, 0.5) is 0 Å². The van der Waals surface area contributed by atoms with E-state index in [1.807, 2.05) is 0 Å². The van der Waals surface area contributed by atoms with E-state index in [2.05, 4.69) is 47.5 Å². The smallest absolute Gasteiger partial charge is 0.0237 e. The zero-order valence-electron chi connectivity index (χ0n) is 14.1. The van der Waals surface area contributed by atoms with Crippen molar-refractivity contribution < 1.29 is 0 Å². The van der Waals surface area contributed by atoms with Gasteiger partial charge in [0.25, 0.3) is 0 Å². The van der Waals surface area contributed by atoms with Crippen molar-refractivity contribution in [3.8, 4) is 0 Å². The van der Waals surface area contributed by atoms with E-state index in [1.165, 1.54) is 63.6 Å². The van der Waals surface area contributed by atoms with E-state index in [0.29, 0.717) is 6.04 Å². The van der Waals surface area contributed by atoms with Gasteiger partial charge in [-0.25, -0.2) is 0 Å². The van der Waals surface area contributed by atoms with Crippen molar-refractivity contribution >= 4 is 0 Å². The van der Waals surface area contributed by atoms with Crippen LogP contribution in [-0.2, 0) is 6.54 Å². The van der Waals surface area contributed by atoms with Crippen molar-refractivity contribution in [2.24, 2.45) is 5.92 Å². The number of hydrogen-bond acceptors (Lipinski definition) is 2. The van der Waals surface area contributed by atoms with Crippen molar-refractivity contribution in [1.29, 1.82) is 0 Å². The Kier molecular flexibility index (Phi) is 5.91. The molecule has 0 amide bonds. The highest BCUT2D eigenvalue weighted by atomic mass is 15.2. The SMILES string of the molecule is CCCC1CNC(C2CCCCC2)CN1Cc1ccccc1. The minimum atomic E-state index is 0.713. The lowest BCUT2D eigenvalue weighted by atomic mass is 9.82. The maximum absolute atomic E-state index is 3.90. The Morgan fingerprint density at radius 3 is 2.59 bits per heavy atom. The first kappa shape index (κ1) is 16.0. The molecule has 1 aliphatic carbocycles. The highest BCUT2D eigenvalue weighted by molar-refractivity contribution is 5.15. The molecule has 1 heterocycles. The van der Waals surface area contributed by atoms with Gasteiger partial charge in [-0.15, -0.1) is 0 Å². The van der Waals surface area contributed by atoms with Gasteiger partial charge in [-0.05, 0) is 30.7 Å². The van der Waals surface area contributed by atoms with E-state index < -0.39 is 0 Å². The van der Waals surface area contributed by atoms with Gasteiger partial charge in [0.2, 0.25) is 0 Å². The summed E-state index contributed by atoms with van der Waals surface area (Å²) in [6.07, 6.45) is 9.82. The molecule has 0 bridgehead atoms. The summed E-state index contributed by atoms with van der Waals surface area (Å²) in [6, 6.07) is 12.5. The summed E-state index contributed by atoms with van der Waals surface area (Å²) >= 11 is 0. The molecule has 0 spiro atoms. The number of piperazine rings is 1. The molecule has 1 N–H and O–H groups in total. The largest absolute Gasteiger partial charge is 0.311 e. The summed E-state index contributed by atoms with van der Waals surface area (Å²) in [4.78, 5) is 2.76. The molecule has 3 rings (SSSR count). The van der Waals surface area contributed by atoms with E-state index in [0.717, 1.165) is 18.5 Å². The monoisotopic (exact) mass is 300 g/mol. The van der Waals surface area contributed by atoms with Crippen LogP contribution in [0.5, 0.6) is 0 Å². The quantitative estimate of drug-likeness (QED) is 0.876. The maximum Gasteiger partial charge on any atom is 0.0237 e. The molecule has 22 heavy (non-hydrogen) atoms. The van der Waals surface area contributed by atoms with Gasteiger partial charge in [-0.1, -0.05) is 62.9 Å². The second-order valence-corrected chi connectivity index (χ2v) is 7.27. The molecule has 2 heteroatoms. The van der Waals surface area contributed by atoms with Crippen molar-refractivity contribution in [2.75, 3.05) is 13.1 Å². The number of hydrogen-bond donors (Lipinski definition) is 1. The second-order valence-electron chi connectivity index (χ2n) is 7.27. The normalized spacial score (nSPS) is 27.9. The molecule has 2 unspecified atom stereocenters. The summed E-state index contributed by atoms with van der Waals surface area (Å²) in [6.45, 7) is 5.86. The summed E-state index contributed by atoms with van der Waals surface area (Å²) < 4.78 is 0. The first-order valence-corrected chi connectivity index (χ1v) is 9.38. The first-order chi connectivity index (χ1) is 10.9. The fourth-order valence-electron chi connectivity index (χ4n) is 4.36. The molecular weight excluding hydrogens is 268 g/mol. The lowest BCUT2D eigenvalue weighted by Crippen LogP contribution is -2.58. The molecule has 1 saturated heterocycles. The van der Waals surface area contributed by atoms with Crippen LogP contribution in [0.25, 0.3) is 0 Å². The zero-order chi connectivity index (χ0) is 15.2. The summed E-state index contributed by atoms with van der Waals surface area (Å²) in [5, 5.41) is 3.90. The Balaban J connectivity index is 1.64. The van der Waals surface area contributed by atoms with Crippen molar-refractivity contribution in [3.05, 3.63) is 35.9 Å². The standard InChI is InChI=1S/C20H32N2/c1-2-9-19-14-21-20(18-12-7-4-8-13-18)16-22(19)15-17-10-5-3-6-11-17/h3,5-6,10-11,18-21H,2,4,7-9,12-16H2,1H3. The van der Waals surface area contributed by atoms with Crippen LogP contribution in [0.2, 0.25) is 0 Å². The average molecular weight is 300 g/mol. The van der Waals surface area contributed by atoms with Crippen LogP contribution in [0.15, 0.2) is 30.3 Å². The molecule has 1 aliphatic heterocycles. The van der Waals surface area contributed by atoms with Crippen LogP contribution in [0, 0.1) is 5.92 Å². The van der Waals surface area contributed by atoms with Crippen LogP contribution in [0.1, 0.15) is 57.4 Å². The maximum atomic E-state index is 3.90. The van der Waals surface area contributed by atoms with E-state index in [1.54, 1.807) is 0 Å². The number of benzene rings is 1. The third-order valence-corrected chi connectivity index (χ3v) is 5.63.